The number of piperidine rings is 1. The van der Waals surface area contributed by atoms with Crippen molar-refractivity contribution < 1.29 is 24.9 Å². The maximum absolute atomic E-state index is 12.4. The van der Waals surface area contributed by atoms with Crippen LogP contribution in [0.1, 0.15) is 43.0 Å². The molecule has 1 aromatic rings. The number of carbonyl (C=O) groups excluding carboxylic acids is 2. The Labute approximate surface area is 134 Å². The van der Waals surface area contributed by atoms with Gasteiger partial charge in [-0.05, 0) is 31.4 Å². The van der Waals surface area contributed by atoms with Crippen LogP contribution in [0.5, 0.6) is 17.2 Å². The molecule has 0 saturated carbocycles. The van der Waals surface area contributed by atoms with E-state index in [1.54, 1.807) is 4.90 Å². The fraction of sp³-hybridized carbons (Fsp3) is 0.500. The third-order valence-corrected chi connectivity index (χ3v) is 3.94. The molecule has 0 radical (unpaired) electrons. The van der Waals surface area contributed by atoms with Gasteiger partial charge in [0.2, 0.25) is 5.91 Å². The number of aromatic hydroxyl groups is 3. The molecule has 23 heavy (non-hydrogen) atoms. The van der Waals surface area contributed by atoms with E-state index in [1.807, 2.05) is 6.92 Å². The number of carbonyl (C=O) groups is 2. The summed E-state index contributed by atoms with van der Waals surface area (Å²) in [6.45, 7) is 2.92. The molecule has 1 heterocycles. The molecule has 4 N–H and O–H groups in total. The number of rotatable bonds is 4. The maximum atomic E-state index is 12.4. The molecule has 0 spiro atoms. The standard InChI is InChI=1S/C16H22N2O5/c1-2-3-14(21)17-11-4-6-18(7-5-11)16(23)10-8-12(19)15(22)13(20)9-10/h8-9,11,19-20,22H,2-7H2,1H3,(H,17,21). The van der Waals surface area contributed by atoms with Gasteiger partial charge in [0, 0.05) is 31.1 Å². The zero-order valence-electron chi connectivity index (χ0n) is 13.1. The van der Waals surface area contributed by atoms with Crippen molar-refractivity contribution in [2.75, 3.05) is 13.1 Å². The van der Waals surface area contributed by atoms with Gasteiger partial charge in [-0.2, -0.15) is 0 Å². The molecule has 1 aromatic carbocycles. The van der Waals surface area contributed by atoms with E-state index in [4.69, 9.17) is 0 Å². The first-order valence-corrected chi connectivity index (χ1v) is 7.76. The molecular formula is C16H22N2O5. The molecule has 1 fully saturated rings. The first kappa shape index (κ1) is 16.9. The van der Waals surface area contributed by atoms with Crippen molar-refractivity contribution in [3.8, 4) is 17.2 Å². The lowest BCUT2D eigenvalue weighted by Gasteiger charge is -2.32. The minimum atomic E-state index is -0.640. The van der Waals surface area contributed by atoms with E-state index in [0.29, 0.717) is 32.4 Å². The van der Waals surface area contributed by atoms with Gasteiger partial charge in [0.1, 0.15) is 0 Å². The second-order valence-electron chi connectivity index (χ2n) is 5.75. The second-order valence-corrected chi connectivity index (χ2v) is 5.75. The van der Waals surface area contributed by atoms with Crippen LogP contribution in [0.4, 0.5) is 0 Å². The lowest BCUT2D eigenvalue weighted by Crippen LogP contribution is -2.46. The Kier molecular flexibility index (Phi) is 5.31. The average molecular weight is 322 g/mol. The predicted octanol–water partition coefficient (Wildman–Crippen LogP) is 1.32. The van der Waals surface area contributed by atoms with Gasteiger partial charge in [-0.15, -0.1) is 0 Å². The predicted molar refractivity (Wildman–Crippen MR) is 83.4 cm³/mol. The van der Waals surface area contributed by atoms with Gasteiger partial charge in [0.25, 0.3) is 5.91 Å². The second kappa shape index (κ2) is 7.21. The van der Waals surface area contributed by atoms with Crippen molar-refractivity contribution in [2.45, 2.75) is 38.6 Å². The summed E-state index contributed by atoms with van der Waals surface area (Å²) in [7, 11) is 0. The van der Waals surface area contributed by atoms with Gasteiger partial charge < -0.3 is 25.5 Å². The number of likely N-dealkylation sites (tertiary alicyclic amines) is 1. The highest BCUT2D eigenvalue weighted by molar-refractivity contribution is 5.95. The third-order valence-electron chi connectivity index (χ3n) is 3.94. The van der Waals surface area contributed by atoms with Crippen molar-refractivity contribution in [1.29, 1.82) is 0 Å². The molecule has 0 aromatic heterocycles. The van der Waals surface area contributed by atoms with Crippen molar-refractivity contribution in [2.24, 2.45) is 0 Å². The molecule has 0 bridgehead atoms. The van der Waals surface area contributed by atoms with Gasteiger partial charge in [0.05, 0.1) is 0 Å². The summed E-state index contributed by atoms with van der Waals surface area (Å²) >= 11 is 0. The third kappa shape index (κ3) is 4.06. The molecule has 1 aliphatic rings. The Balaban J connectivity index is 1.95. The number of nitrogens with one attached hydrogen (secondary N) is 1. The van der Waals surface area contributed by atoms with Crippen molar-refractivity contribution in [1.82, 2.24) is 10.2 Å². The van der Waals surface area contributed by atoms with Crippen LogP contribution in [0.15, 0.2) is 12.1 Å². The monoisotopic (exact) mass is 322 g/mol. The Morgan fingerprint density at radius 3 is 2.26 bits per heavy atom. The summed E-state index contributed by atoms with van der Waals surface area (Å²) < 4.78 is 0. The van der Waals surface area contributed by atoms with Gasteiger partial charge >= 0.3 is 0 Å². The zero-order chi connectivity index (χ0) is 17.0. The molecule has 0 unspecified atom stereocenters. The van der Waals surface area contributed by atoms with Gasteiger partial charge in [-0.25, -0.2) is 0 Å². The summed E-state index contributed by atoms with van der Waals surface area (Å²) in [6, 6.07) is 2.33. The summed E-state index contributed by atoms with van der Waals surface area (Å²) in [6.07, 6.45) is 2.64. The highest BCUT2D eigenvalue weighted by Crippen LogP contribution is 2.35. The average Bonchev–Trinajstić information content (AvgIpc) is 2.52. The van der Waals surface area contributed by atoms with Crippen LogP contribution in [-0.4, -0.2) is 51.2 Å². The van der Waals surface area contributed by atoms with Crippen LogP contribution >= 0.6 is 0 Å². The van der Waals surface area contributed by atoms with Crippen LogP contribution in [-0.2, 0) is 4.79 Å². The van der Waals surface area contributed by atoms with E-state index < -0.39 is 17.2 Å². The van der Waals surface area contributed by atoms with E-state index in [-0.39, 0.29) is 23.4 Å². The Morgan fingerprint density at radius 2 is 1.74 bits per heavy atom. The van der Waals surface area contributed by atoms with E-state index in [1.165, 1.54) is 0 Å². The SMILES string of the molecule is CCCC(=O)NC1CCN(C(=O)c2cc(O)c(O)c(O)c2)CC1. The zero-order valence-corrected chi connectivity index (χ0v) is 13.1. The van der Waals surface area contributed by atoms with Crippen LogP contribution in [0.2, 0.25) is 0 Å². The fourth-order valence-corrected chi connectivity index (χ4v) is 2.66. The molecular weight excluding hydrogens is 300 g/mol. The van der Waals surface area contributed by atoms with Gasteiger partial charge in [-0.3, -0.25) is 9.59 Å². The maximum Gasteiger partial charge on any atom is 0.254 e. The Hall–Kier alpha value is -2.44. The molecule has 1 aliphatic heterocycles. The smallest absolute Gasteiger partial charge is 0.254 e. The van der Waals surface area contributed by atoms with Gasteiger partial charge in [0.15, 0.2) is 17.2 Å². The number of hydrogen-bond acceptors (Lipinski definition) is 5. The summed E-state index contributed by atoms with van der Waals surface area (Å²) in [5.74, 6) is -2.00. The highest BCUT2D eigenvalue weighted by atomic mass is 16.3. The van der Waals surface area contributed by atoms with Crippen LogP contribution in [0, 0.1) is 0 Å². The quantitative estimate of drug-likeness (QED) is 0.625. The first-order chi connectivity index (χ1) is 10.9. The molecule has 0 atom stereocenters. The number of phenols is 3. The van der Waals surface area contributed by atoms with E-state index in [2.05, 4.69) is 5.32 Å². The number of amides is 2. The highest BCUT2D eigenvalue weighted by Gasteiger charge is 2.25. The molecule has 2 amide bonds. The molecule has 7 nitrogen and oxygen atoms in total. The van der Waals surface area contributed by atoms with Gasteiger partial charge in [-0.1, -0.05) is 6.92 Å². The molecule has 126 valence electrons. The van der Waals surface area contributed by atoms with Crippen LogP contribution in [0.3, 0.4) is 0 Å². The Morgan fingerprint density at radius 1 is 1.17 bits per heavy atom. The number of nitrogens with zero attached hydrogens (tertiary/aromatic N) is 1. The number of phenolic OH excluding ortho intramolecular Hbond substituents is 3. The van der Waals surface area contributed by atoms with E-state index in [0.717, 1.165) is 18.6 Å². The number of benzene rings is 1. The fourth-order valence-electron chi connectivity index (χ4n) is 2.66. The normalized spacial score (nSPS) is 15.4. The summed E-state index contributed by atoms with van der Waals surface area (Å²) in [4.78, 5) is 25.6. The molecule has 0 aliphatic carbocycles. The van der Waals surface area contributed by atoms with Crippen LogP contribution < -0.4 is 5.32 Å². The van der Waals surface area contributed by atoms with Crippen LogP contribution in [0.25, 0.3) is 0 Å². The van der Waals surface area contributed by atoms with Crippen molar-refractivity contribution in [3.05, 3.63) is 17.7 Å². The van der Waals surface area contributed by atoms with E-state index >= 15 is 0 Å². The first-order valence-electron chi connectivity index (χ1n) is 7.76. The minimum Gasteiger partial charge on any atom is -0.504 e. The van der Waals surface area contributed by atoms with Crippen molar-refractivity contribution >= 4 is 11.8 Å². The molecule has 2 rings (SSSR count). The van der Waals surface area contributed by atoms with Crippen molar-refractivity contribution in [3.63, 3.8) is 0 Å². The summed E-state index contributed by atoms with van der Waals surface area (Å²) in [5, 5.41) is 31.3. The number of hydrogen-bond donors (Lipinski definition) is 4. The Bertz CT molecular complexity index is 571. The van der Waals surface area contributed by atoms with E-state index in [9.17, 15) is 24.9 Å². The topological polar surface area (TPSA) is 110 Å². The largest absolute Gasteiger partial charge is 0.504 e. The lowest BCUT2D eigenvalue weighted by atomic mass is 10.0. The minimum absolute atomic E-state index is 0.0330. The summed E-state index contributed by atoms with van der Waals surface area (Å²) in [5.41, 5.74) is 0.117. The molecule has 7 heteroatoms. The lowest BCUT2D eigenvalue weighted by molar-refractivity contribution is -0.122. The molecule has 1 saturated heterocycles.